The first-order valence-corrected chi connectivity index (χ1v) is 7.18. The zero-order valence-electron chi connectivity index (χ0n) is 12.3. The lowest BCUT2D eigenvalue weighted by Crippen LogP contribution is -2.47. The molecule has 8 nitrogen and oxygen atoms in total. The molecule has 3 N–H and O–H groups in total. The van der Waals surface area contributed by atoms with E-state index in [1.807, 2.05) is 0 Å². The van der Waals surface area contributed by atoms with Crippen LogP contribution in [-0.2, 0) is 0 Å². The lowest BCUT2D eigenvalue weighted by Gasteiger charge is -2.38. The summed E-state index contributed by atoms with van der Waals surface area (Å²) in [5.41, 5.74) is 9.07. The minimum atomic E-state index is 0.188. The molecule has 2 aromatic heterocycles. The van der Waals surface area contributed by atoms with Gasteiger partial charge in [-0.3, -0.25) is 9.99 Å². The molecule has 8 heteroatoms. The number of hydrogen-bond donors (Lipinski definition) is 2. The Labute approximate surface area is 123 Å². The number of nitrogens with two attached hydrogens (primary N) is 1. The number of aromatic nitrogens is 5. The van der Waals surface area contributed by atoms with Crippen LogP contribution in [0.5, 0.6) is 0 Å². The van der Waals surface area contributed by atoms with E-state index in [1.165, 1.54) is 6.42 Å². The number of piperidine rings is 1. The van der Waals surface area contributed by atoms with Gasteiger partial charge in [0.05, 0.1) is 0 Å². The lowest BCUT2D eigenvalue weighted by atomic mass is 10.00. The van der Waals surface area contributed by atoms with Crippen LogP contribution in [0.1, 0.15) is 33.1 Å². The van der Waals surface area contributed by atoms with Gasteiger partial charge in [-0.15, -0.1) is 0 Å². The zero-order valence-corrected chi connectivity index (χ0v) is 12.3. The molecule has 0 saturated carbocycles. The van der Waals surface area contributed by atoms with E-state index in [1.54, 1.807) is 23.3 Å². The smallest absolute Gasteiger partial charge is 0.244 e. The monoisotopic (exact) mass is 288 g/mol. The molecule has 1 fully saturated rings. The van der Waals surface area contributed by atoms with Gasteiger partial charge in [0.15, 0.2) is 0 Å². The summed E-state index contributed by atoms with van der Waals surface area (Å²) in [5, 5.41) is 2.19. The van der Waals surface area contributed by atoms with Gasteiger partial charge in [-0.2, -0.15) is 15.0 Å². The third-order valence-corrected chi connectivity index (χ3v) is 3.80. The Bertz CT molecular complexity index is 586. The number of hydrazine groups is 1. The maximum atomic E-state index is 5.79. The molecule has 1 saturated heterocycles. The second kappa shape index (κ2) is 5.65. The van der Waals surface area contributed by atoms with Crippen molar-refractivity contribution in [1.29, 1.82) is 0 Å². The van der Waals surface area contributed by atoms with Crippen LogP contribution in [-0.4, -0.2) is 41.6 Å². The standard InChI is InChI=1S/C13H20N8/c1-9-4-3-5-10(2)21(9)19-12-16-11(14)17-13(18-12)20-7-6-15-8-20/h6-10H,3-5H2,1-2H3,(H3,14,16,17,18,19). The topological polar surface area (TPSA) is 97.8 Å². The van der Waals surface area contributed by atoms with Crippen molar-refractivity contribution in [2.75, 3.05) is 11.2 Å². The SMILES string of the molecule is CC1CCCC(C)N1Nc1nc(N)nc(-n2ccnc2)n1. The summed E-state index contributed by atoms with van der Waals surface area (Å²) in [6, 6.07) is 0.867. The largest absolute Gasteiger partial charge is 0.368 e. The van der Waals surface area contributed by atoms with Crippen molar-refractivity contribution in [3.05, 3.63) is 18.7 Å². The molecule has 0 spiro atoms. The molecule has 2 aromatic rings. The van der Waals surface area contributed by atoms with Gasteiger partial charge in [0.1, 0.15) is 6.33 Å². The van der Waals surface area contributed by atoms with Crippen LogP contribution in [0.2, 0.25) is 0 Å². The maximum Gasteiger partial charge on any atom is 0.244 e. The van der Waals surface area contributed by atoms with Gasteiger partial charge in [-0.1, -0.05) is 6.42 Å². The molecule has 3 heterocycles. The van der Waals surface area contributed by atoms with Gasteiger partial charge < -0.3 is 5.73 Å². The molecule has 3 rings (SSSR count). The summed E-state index contributed by atoms with van der Waals surface area (Å²) in [7, 11) is 0. The quantitative estimate of drug-likeness (QED) is 0.876. The first-order valence-electron chi connectivity index (χ1n) is 7.18. The summed E-state index contributed by atoms with van der Waals surface area (Å²) >= 11 is 0. The van der Waals surface area contributed by atoms with Crippen LogP contribution in [0.25, 0.3) is 5.95 Å². The number of hydrogen-bond acceptors (Lipinski definition) is 7. The predicted octanol–water partition coefficient (Wildman–Crippen LogP) is 1.23. The van der Waals surface area contributed by atoms with E-state index in [0.717, 1.165) is 12.8 Å². The van der Waals surface area contributed by atoms with Gasteiger partial charge in [0, 0.05) is 24.5 Å². The Hall–Kier alpha value is -2.22. The van der Waals surface area contributed by atoms with Crippen molar-refractivity contribution in [1.82, 2.24) is 29.5 Å². The molecule has 2 unspecified atom stereocenters. The highest BCUT2D eigenvalue weighted by Crippen LogP contribution is 2.22. The van der Waals surface area contributed by atoms with Crippen LogP contribution in [0, 0.1) is 0 Å². The average molecular weight is 288 g/mol. The van der Waals surface area contributed by atoms with Crippen LogP contribution in [0.3, 0.4) is 0 Å². The maximum absolute atomic E-state index is 5.79. The fraction of sp³-hybridized carbons (Fsp3) is 0.538. The number of anilines is 2. The Morgan fingerprint density at radius 1 is 1.19 bits per heavy atom. The molecule has 0 amide bonds. The summed E-state index contributed by atoms with van der Waals surface area (Å²) in [6.45, 7) is 4.40. The lowest BCUT2D eigenvalue weighted by molar-refractivity contribution is 0.134. The molecule has 21 heavy (non-hydrogen) atoms. The normalized spacial score (nSPS) is 23.1. The first kappa shape index (κ1) is 13.7. The Morgan fingerprint density at radius 2 is 1.95 bits per heavy atom. The molecule has 1 aliphatic rings. The van der Waals surface area contributed by atoms with Gasteiger partial charge in [-0.25, -0.2) is 9.99 Å². The molecule has 1 aliphatic heterocycles. The predicted molar refractivity (Wildman–Crippen MR) is 79.6 cm³/mol. The van der Waals surface area contributed by atoms with Gasteiger partial charge in [-0.05, 0) is 26.7 Å². The van der Waals surface area contributed by atoms with Crippen LogP contribution >= 0.6 is 0 Å². The molecule has 0 bridgehead atoms. The summed E-state index contributed by atoms with van der Waals surface area (Å²) < 4.78 is 1.70. The van der Waals surface area contributed by atoms with Gasteiger partial charge >= 0.3 is 0 Å². The summed E-state index contributed by atoms with van der Waals surface area (Å²) in [4.78, 5) is 16.7. The van der Waals surface area contributed by atoms with Crippen molar-refractivity contribution in [2.24, 2.45) is 0 Å². The Morgan fingerprint density at radius 3 is 2.62 bits per heavy atom. The highest BCUT2D eigenvalue weighted by Gasteiger charge is 2.25. The third kappa shape index (κ3) is 2.94. The van der Waals surface area contributed by atoms with Crippen molar-refractivity contribution in [3.8, 4) is 5.95 Å². The summed E-state index contributed by atoms with van der Waals surface area (Å²) in [6.07, 6.45) is 8.63. The Balaban J connectivity index is 1.85. The van der Waals surface area contributed by atoms with Crippen molar-refractivity contribution in [2.45, 2.75) is 45.2 Å². The second-order valence-corrected chi connectivity index (χ2v) is 5.44. The van der Waals surface area contributed by atoms with Gasteiger partial charge in [0.25, 0.3) is 0 Å². The summed E-state index contributed by atoms with van der Waals surface area (Å²) in [5.74, 6) is 1.11. The highest BCUT2D eigenvalue weighted by molar-refractivity contribution is 5.34. The average Bonchev–Trinajstić information content (AvgIpc) is 2.97. The highest BCUT2D eigenvalue weighted by atomic mass is 15.6. The number of imidazole rings is 1. The van der Waals surface area contributed by atoms with Gasteiger partial charge in [0.2, 0.25) is 17.8 Å². The number of nitrogen functional groups attached to an aromatic ring is 1. The van der Waals surface area contributed by atoms with Crippen LogP contribution in [0.4, 0.5) is 11.9 Å². The molecular weight excluding hydrogens is 268 g/mol. The fourth-order valence-electron chi connectivity index (χ4n) is 2.68. The molecule has 0 radical (unpaired) electrons. The fourth-order valence-corrected chi connectivity index (χ4v) is 2.68. The van der Waals surface area contributed by atoms with E-state index in [0.29, 0.717) is 24.0 Å². The van der Waals surface area contributed by atoms with E-state index >= 15 is 0 Å². The number of nitrogens with zero attached hydrogens (tertiary/aromatic N) is 6. The molecule has 0 aliphatic carbocycles. The molecule has 0 aromatic carbocycles. The minimum Gasteiger partial charge on any atom is -0.368 e. The van der Waals surface area contributed by atoms with E-state index in [9.17, 15) is 0 Å². The third-order valence-electron chi connectivity index (χ3n) is 3.80. The molecule has 2 atom stereocenters. The number of rotatable bonds is 3. The number of nitrogens with one attached hydrogen (secondary N) is 1. The zero-order chi connectivity index (χ0) is 14.8. The van der Waals surface area contributed by atoms with Crippen LogP contribution < -0.4 is 11.2 Å². The van der Waals surface area contributed by atoms with E-state index in [2.05, 4.69) is 44.2 Å². The van der Waals surface area contributed by atoms with E-state index in [4.69, 9.17) is 5.73 Å². The van der Waals surface area contributed by atoms with Crippen molar-refractivity contribution >= 4 is 11.9 Å². The van der Waals surface area contributed by atoms with Crippen molar-refractivity contribution in [3.63, 3.8) is 0 Å². The second-order valence-electron chi connectivity index (χ2n) is 5.44. The molecular formula is C13H20N8. The minimum absolute atomic E-state index is 0.188. The van der Waals surface area contributed by atoms with E-state index in [-0.39, 0.29) is 5.95 Å². The van der Waals surface area contributed by atoms with Crippen molar-refractivity contribution < 1.29 is 0 Å². The van der Waals surface area contributed by atoms with E-state index < -0.39 is 0 Å². The first-order chi connectivity index (χ1) is 10.1. The van der Waals surface area contributed by atoms with Crippen LogP contribution in [0.15, 0.2) is 18.7 Å². The Kier molecular flexibility index (Phi) is 3.70. The molecule has 112 valence electrons.